The van der Waals surface area contributed by atoms with E-state index in [0.29, 0.717) is 0 Å². The molecule has 0 saturated carbocycles. The molecule has 0 N–H and O–H groups in total. The molecule has 33 heavy (non-hydrogen) atoms. The minimum absolute atomic E-state index is 1.15. The highest BCUT2D eigenvalue weighted by Crippen LogP contribution is 2.25. The van der Waals surface area contributed by atoms with Crippen LogP contribution in [0, 0.1) is 0 Å². The summed E-state index contributed by atoms with van der Waals surface area (Å²) in [6.07, 6.45) is 2.57. The predicted octanol–water partition coefficient (Wildman–Crippen LogP) is 5.00. The van der Waals surface area contributed by atoms with Crippen LogP contribution in [-0.2, 0) is 6.54 Å². The van der Waals surface area contributed by atoms with Crippen molar-refractivity contribution in [2.45, 2.75) is 40.2 Å². The smallest absolute Gasteiger partial charge is 0.104 e. The largest absolute Gasteiger partial charge is 0.366 e. The first-order valence-electron chi connectivity index (χ1n) is 13.4. The zero-order valence-corrected chi connectivity index (χ0v) is 21.4. The number of para-hydroxylation sites is 1. The van der Waals surface area contributed by atoms with E-state index in [1.54, 1.807) is 0 Å². The number of quaternary nitrogens is 2. The predicted molar refractivity (Wildman–Crippen MR) is 142 cm³/mol. The van der Waals surface area contributed by atoms with E-state index in [9.17, 15) is 0 Å². The highest BCUT2D eigenvalue weighted by atomic mass is 15.4. The summed E-state index contributed by atoms with van der Waals surface area (Å²) in [5.41, 5.74) is 4.29. The molecule has 1 atom stereocenters. The topological polar surface area (TPSA) is 6.48 Å². The summed E-state index contributed by atoms with van der Waals surface area (Å²) in [5, 5.41) is 0. The van der Waals surface area contributed by atoms with Crippen molar-refractivity contribution < 1.29 is 8.97 Å². The fraction of sp³-hybridized carbons (Fsp3) is 0.586. The third kappa shape index (κ3) is 5.73. The van der Waals surface area contributed by atoms with E-state index >= 15 is 0 Å². The van der Waals surface area contributed by atoms with E-state index < -0.39 is 0 Å². The molecule has 2 saturated heterocycles. The van der Waals surface area contributed by atoms with E-state index in [2.05, 4.69) is 85.2 Å². The number of hydrogen-bond donors (Lipinski definition) is 0. The Morgan fingerprint density at radius 2 is 1.09 bits per heavy atom. The van der Waals surface area contributed by atoms with E-state index in [-0.39, 0.29) is 0 Å². The van der Waals surface area contributed by atoms with Gasteiger partial charge in [0.2, 0.25) is 0 Å². The maximum absolute atomic E-state index is 2.63. The van der Waals surface area contributed by atoms with Gasteiger partial charge in [0.05, 0.1) is 58.9 Å². The summed E-state index contributed by atoms with van der Waals surface area (Å²) in [5.74, 6) is 0. The normalized spacial score (nSPS) is 23.7. The van der Waals surface area contributed by atoms with E-state index in [1.165, 1.54) is 104 Å². The van der Waals surface area contributed by atoms with Crippen LogP contribution in [0.5, 0.6) is 0 Å². The van der Waals surface area contributed by atoms with Gasteiger partial charge in [-0.1, -0.05) is 30.3 Å². The Hall–Kier alpha value is -2.04. The Morgan fingerprint density at radius 3 is 1.67 bits per heavy atom. The lowest BCUT2D eigenvalue weighted by molar-refractivity contribution is -0.937. The molecule has 0 bridgehead atoms. The van der Waals surface area contributed by atoms with Crippen molar-refractivity contribution in [3.8, 4) is 0 Å². The third-order valence-corrected chi connectivity index (χ3v) is 8.76. The van der Waals surface area contributed by atoms with E-state index in [0.717, 1.165) is 13.1 Å². The number of nitrogens with zero attached hydrogens (tertiary/aromatic N) is 4. The van der Waals surface area contributed by atoms with Gasteiger partial charge in [0.25, 0.3) is 0 Å². The van der Waals surface area contributed by atoms with Gasteiger partial charge in [0.1, 0.15) is 6.54 Å². The molecule has 4 heteroatoms. The van der Waals surface area contributed by atoms with Crippen molar-refractivity contribution in [1.82, 2.24) is 0 Å². The summed E-state index contributed by atoms with van der Waals surface area (Å²) in [6.45, 7) is 21.8. The minimum Gasteiger partial charge on any atom is -0.366 e. The lowest BCUT2D eigenvalue weighted by Gasteiger charge is -2.37. The molecule has 4 nitrogen and oxygen atoms in total. The lowest BCUT2D eigenvalue weighted by Crippen LogP contribution is -2.50. The zero-order chi connectivity index (χ0) is 23.2. The molecule has 2 aromatic carbocycles. The molecule has 4 rings (SSSR count). The van der Waals surface area contributed by atoms with Crippen molar-refractivity contribution in [2.75, 3.05) is 81.8 Å². The van der Waals surface area contributed by atoms with Crippen LogP contribution < -0.4 is 9.80 Å². The number of anilines is 2. The molecule has 2 heterocycles. The number of rotatable bonds is 7. The molecular formula is C29H46N4+2. The van der Waals surface area contributed by atoms with Gasteiger partial charge in [-0.25, -0.2) is 0 Å². The first-order chi connectivity index (χ1) is 16.1. The monoisotopic (exact) mass is 450 g/mol. The Bertz CT molecular complexity index is 846. The number of likely N-dealkylation sites (N-methyl/N-ethyl adjacent to an activating group) is 2. The van der Waals surface area contributed by atoms with Gasteiger partial charge >= 0.3 is 0 Å². The van der Waals surface area contributed by atoms with Crippen LogP contribution in [0.3, 0.4) is 0 Å². The van der Waals surface area contributed by atoms with Crippen LogP contribution >= 0.6 is 0 Å². The highest BCUT2D eigenvalue weighted by Gasteiger charge is 2.30. The van der Waals surface area contributed by atoms with Gasteiger partial charge in [0.15, 0.2) is 0 Å². The standard InChI is InChI=1S/C29H46N4/c1-4-32(5-2)22-10-18-31(20-24-32)29-16-14-27(15-17-29)26-33(6-3)23-11-19-30(21-25-33)28-12-8-7-9-13-28/h7-9,12-17H,4-6,10-11,18-26H2,1-3H3/q+2. The molecule has 2 aliphatic rings. The van der Waals surface area contributed by atoms with Gasteiger partial charge in [-0.2, -0.15) is 0 Å². The van der Waals surface area contributed by atoms with Crippen LogP contribution in [0.4, 0.5) is 11.4 Å². The van der Waals surface area contributed by atoms with Crippen molar-refractivity contribution in [2.24, 2.45) is 0 Å². The molecule has 0 aromatic heterocycles. The number of hydrogen-bond acceptors (Lipinski definition) is 2. The quantitative estimate of drug-likeness (QED) is 0.548. The van der Waals surface area contributed by atoms with E-state index in [4.69, 9.17) is 0 Å². The number of benzene rings is 2. The maximum atomic E-state index is 2.63. The van der Waals surface area contributed by atoms with Crippen LogP contribution in [0.25, 0.3) is 0 Å². The summed E-state index contributed by atoms with van der Waals surface area (Å²) >= 11 is 0. The molecule has 2 aliphatic heterocycles. The van der Waals surface area contributed by atoms with Crippen LogP contribution in [-0.4, -0.2) is 81.0 Å². The second kappa shape index (κ2) is 10.9. The maximum Gasteiger partial charge on any atom is 0.104 e. The van der Waals surface area contributed by atoms with Gasteiger partial charge in [0, 0.05) is 42.9 Å². The van der Waals surface area contributed by atoms with Gasteiger partial charge in [-0.3, -0.25) is 0 Å². The van der Waals surface area contributed by atoms with Crippen molar-refractivity contribution in [3.05, 3.63) is 60.2 Å². The molecule has 180 valence electrons. The molecule has 2 aromatic rings. The summed E-state index contributed by atoms with van der Waals surface area (Å²) in [7, 11) is 0. The van der Waals surface area contributed by atoms with Crippen molar-refractivity contribution >= 4 is 11.4 Å². The molecule has 0 amide bonds. The Kier molecular flexibility index (Phi) is 7.98. The van der Waals surface area contributed by atoms with Gasteiger partial charge in [-0.15, -0.1) is 0 Å². The SMILES string of the molecule is CC[N+]1(CC)CCCN(c2ccc(C[N+]3(CC)CCCN(c4ccccc4)CC3)cc2)CC1. The molecule has 0 aliphatic carbocycles. The first-order valence-corrected chi connectivity index (χ1v) is 13.4. The van der Waals surface area contributed by atoms with Crippen LogP contribution in [0.2, 0.25) is 0 Å². The molecule has 0 radical (unpaired) electrons. The van der Waals surface area contributed by atoms with Crippen molar-refractivity contribution in [3.63, 3.8) is 0 Å². The first kappa shape index (κ1) is 24.1. The van der Waals surface area contributed by atoms with Crippen molar-refractivity contribution in [1.29, 1.82) is 0 Å². The molecule has 0 spiro atoms. The molecule has 1 unspecified atom stereocenters. The summed E-state index contributed by atoms with van der Waals surface area (Å²) in [6, 6.07) is 20.6. The zero-order valence-electron chi connectivity index (χ0n) is 21.4. The fourth-order valence-electron chi connectivity index (χ4n) is 6.10. The van der Waals surface area contributed by atoms with Gasteiger partial charge < -0.3 is 18.8 Å². The third-order valence-electron chi connectivity index (χ3n) is 8.76. The lowest BCUT2D eigenvalue weighted by atomic mass is 10.1. The second-order valence-corrected chi connectivity index (χ2v) is 10.4. The summed E-state index contributed by atoms with van der Waals surface area (Å²) in [4.78, 5) is 5.21. The summed E-state index contributed by atoms with van der Waals surface area (Å²) < 4.78 is 2.49. The fourth-order valence-corrected chi connectivity index (χ4v) is 6.10. The van der Waals surface area contributed by atoms with Crippen LogP contribution in [0.1, 0.15) is 39.2 Å². The Balaban J connectivity index is 1.39. The van der Waals surface area contributed by atoms with E-state index in [1.807, 2.05) is 0 Å². The average Bonchev–Trinajstić information content (AvgIpc) is 3.22. The Morgan fingerprint density at radius 1 is 0.576 bits per heavy atom. The average molecular weight is 451 g/mol. The Labute approximate surface area is 202 Å². The highest BCUT2D eigenvalue weighted by molar-refractivity contribution is 5.48. The minimum atomic E-state index is 1.15. The van der Waals surface area contributed by atoms with Crippen LogP contribution in [0.15, 0.2) is 54.6 Å². The second-order valence-electron chi connectivity index (χ2n) is 10.4. The molecular weight excluding hydrogens is 404 g/mol. The van der Waals surface area contributed by atoms with Gasteiger partial charge in [-0.05, 0) is 45.0 Å². The molecule has 2 fully saturated rings.